The Morgan fingerprint density at radius 1 is 1.08 bits per heavy atom. The van der Waals surface area contributed by atoms with E-state index in [1.54, 1.807) is 0 Å². The molecule has 0 spiro atoms. The summed E-state index contributed by atoms with van der Waals surface area (Å²) in [5, 5.41) is 11.6. The van der Waals surface area contributed by atoms with Gasteiger partial charge >= 0.3 is 5.97 Å². The summed E-state index contributed by atoms with van der Waals surface area (Å²) in [6, 6.07) is -0.0602. The first kappa shape index (κ1) is 16.4. The first-order valence-corrected chi connectivity index (χ1v) is 8.19. The summed E-state index contributed by atoms with van der Waals surface area (Å²) in [4.78, 5) is 44.7. The van der Waals surface area contributed by atoms with Crippen molar-refractivity contribution in [2.45, 2.75) is 38.1 Å². The molecule has 2 fully saturated rings. The zero-order valence-electron chi connectivity index (χ0n) is 13.3. The molecule has 3 rings (SSSR count). The number of carboxylic acids is 1. The van der Waals surface area contributed by atoms with E-state index >= 15 is 0 Å². The Balaban J connectivity index is 1.53. The van der Waals surface area contributed by atoms with E-state index in [0.29, 0.717) is 6.42 Å². The van der Waals surface area contributed by atoms with Crippen LogP contribution in [0, 0.1) is 5.92 Å². The lowest BCUT2D eigenvalue weighted by Crippen LogP contribution is -2.36. The number of likely N-dealkylation sites (tertiary alicyclic amines) is 1. The van der Waals surface area contributed by atoms with Crippen molar-refractivity contribution < 1.29 is 19.5 Å². The van der Waals surface area contributed by atoms with Crippen molar-refractivity contribution in [1.82, 2.24) is 20.2 Å². The lowest BCUT2D eigenvalue weighted by molar-refractivity contribution is -0.134. The average Bonchev–Trinajstić information content (AvgIpc) is 3.26. The van der Waals surface area contributed by atoms with E-state index in [-0.39, 0.29) is 29.3 Å². The van der Waals surface area contributed by atoms with Crippen LogP contribution in [0.2, 0.25) is 0 Å². The Morgan fingerprint density at radius 3 is 2.38 bits per heavy atom. The topological polar surface area (TPSA) is 112 Å². The molecule has 2 heterocycles. The van der Waals surface area contributed by atoms with Gasteiger partial charge in [0.1, 0.15) is 5.69 Å². The van der Waals surface area contributed by atoms with Crippen molar-refractivity contribution in [3.8, 4) is 0 Å². The molecule has 0 unspecified atom stereocenters. The highest BCUT2D eigenvalue weighted by Gasteiger charge is 2.34. The molecule has 0 radical (unpaired) electrons. The molecular weight excluding hydrogens is 312 g/mol. The monoisotopic (exact) mass is 332 g/mol. The number of carboxylic acid groups (broad SMARTS) is 1. The zero-order valence-corrected chi connectivity index (χ0v) is 13.3. The molecule has 0 bridgehead atoms. The van der Waals surface area contributed by atoms with Crippen molar-refractivity contribution in [3.05, 3.63) is 23.8 Å². The molecule has 8 nitrogen and oxygen atoms in total. The summed E-state index contributed by atoms with van der Waals surface area (Å²) in [5.74, 6) is -1.39. The van der Waals surface area contributed by atoms with Crippen molar-refractivity contribution in [1.29, 1.82) is 0 Å². The summed E-state index contributed by atoms with van der Waals surface area (Å²) in [5.41, 5.74) is -0.127. The largest absolute Gasteiger partial charge is 0.476 e. The zero-order chi connectivity index (χ0) is 17.1. The van der Waals surface area contributed by atoms with Gasteiger partial charge in [-0.15, -0.1) is 0 Å². The first-order valence-electron chi connectivity index (χ1n) is 8.19. The number of nitrogens with one attached hydrogen (secondary N) is 1. The van der Waals surface area contributed by atoms with Gasteiger partial charge in [0.15, 0.2) is 5.69 Å². The van der Waals surface area contributed by atoms with Crippen molar-refractivity contribution >= 4 is 17.8 Å². The van der Waals surface area contributed by atoms with Crippen molar-refractivity contribution in [3.63, 3.8) is 0 Å². The Morgan fingerprint density at radius 2 is 1.75 bits per heavy atom. The van der Waals surface area contributed by atoms with Gasteiger partial charge in [0, 0.05) is 25.0 Å². The number of hydrogen-bond acceptors (Lipinski definition) is 5. The molecule has 1 aliphatic carbocycles. The summed E-state index contributed by atoms with van der Waals surface area (Å²) in [7, 11) is 0. The minimum atomic E-state index is -1.19. The van der Waals surface area contributed by atoms with Crippen LogP contribution >= 0.6 is 0 Å². The predicted octanol–water partition coefficient (Wildman–Crippen LogP) is 0.696. The fourth-order valence-corrected chi connectivity index (χ4v) is 3.35. The van der Waals surface area contributed by atoms with Crippen LogP contribution in [-0.4, -0.2) is 56.9 Å². The minimum absolute atomic E-state index is 0.0196. The number of amides is 2. The molecule has 128 valence electrons. The van der Waals surface area contributed by atoms with E-state index in [9.17, 15) is 14.4 Å². The fraction of sp³-hybridized carbons (Fsp3) is 0.562. The minimum Gasteiger partial charge on any atom is -0.476 e. The summed E-state index contributed by atoms with van der Waals surface area (Å²) >= 11 is 0. The molecule has 1 aliphatic heterocycles. The molecule has 2 N–H and O–H groups in total. The maximum Gasteiger partial charge on any atom is 0.356 e. The van der Waals surface area contributed by atoms with Gasteiger partial charge in [0.2, 0.25) is 5.91 Å². The lowest BCUT2D eigenvalue weighted by atomic mass is 10.1. The van der Waals surface area contributed by atoms with Crippen LogP contribution in [0.4, 0.5) is 0 Å². The second kappa shape index (κ2) is 6.94. The highest BCUT2D eigenvalue weighted by atomic mass is 16.4. The van der Waals surface area contributed by atoms with E-state index in [0.717, 1.165) is 51.2 Å². The van der Waals surface area contributed by atoms with Gasteiger partial charge in [-0.2, -0.15) is 0 Å². The van der Waals surface area contributed by atoms with Crippen LogP contribution in [0.25, 0.3) is 0 Å². The molecule has 2 aliphatic rings. The van der Waals surface area contributed by atoms with Gasteiger partial charge in [0.25, 0.3) is 5.91 Å². The maximum absolute atomic E-state index is 12.4. The Hall–Kier alpha value is -2.51. The molecule has 8 heteroatoms. The van der Waals surface area contributed by atoms with E-state index in [1.165, 1.54) is 0 Å². The summed E-state index contributed by atoms with van der Waals surface area (Å²) < 4.78 is 0. The van der Waals surface area contributed by atoms with Crippen LogP contribution in [-0.2, 0) is 4.79 Å². The van der Waals surface area contributed by atoms with Gasteiger partial charge < -0.3 is 15.3 Å². The standard InChI is InChI=1S/C16H20N4O4/c21-14(12-8-18-13(9-17-12)16(23)24)19-11-4-3-10(7-11)15(22)20-5-1-2-6-20/h8-11H,1-7H2,(H,19,21)(H,23,24)/t10-,11+/m1/s1. The highest BCUT2D eigenvalue weighted by Crippen LogP contribution is 2.28. The number of aromatic carboxylic acids is 1. The SMILES string of the molecule is O=C(O)c1cnc(C(=O)N[C@H]2CC[C@@H](C(=O)N3CCCC3)C2)cn1. The number of rotatable bonds is 4. The van der Waals surface area contributed by atoms with Crippen LogP contribution in [0.3, 0.4) is 0 Å². The third kappa shape index (κ3) is 3.52. The third-order valence-corrected chi connectivity index (χ3v) is 4.64. The molecule has 2 atom stereocenters. The van der Waals surface area contributed by atoms with Gasteiger partial charge in [-0.3, -0.25) is 9.59 Å². The molecule has 1 aromatic rings. The molecule has 1 aromatic heterocycles. The van der Waals surface area contributed by atoms with Crippen LogP contribution in [0.1, 0.15) is 53.1 Å². The van der Waals surface area contributed by atoms with Gasteiger partial charge in [0.05, 0.1) is 12.4 Å². The van der Waals surface area contributed by atoms with Crippen LogP contribution in [0.15, 0.2) is 12.4 Å². The normalized spacial score (nSPS) is 23.2. The number of hydrogen-bond donors (Lipinski definition) is 2. The Kier molecular flexibility index (Phi) is 4.73. The summed E-state index contributed by atoms with van der Waals surface area (Å²) in [6.07, 6.45) is 6.54. The van der Waals surface area contributed by atoms with E-state index in [2.05, 4.69) is 15.3 Å². The van der Waals surface area contributed by atoms with Crippen LogP contribution in [0.5, 0.6) is 0 Å². The third-order valence-electron chi connectivity index (χ3n) is 4.64. The Labute approximate surface area is 139 Å². The molecule has 2 amide bonds. The van der Waals surface area contributed by atoms with Gasteiger partial charge in [-0.25, -0.2) is 14.8 Å². The van der Waals surface area contributed by atoms with Gasteiger partial charge in [-0.05, 0) is 32.1 Å². The number of aromatic nitrogens is 2. The van der Waals surface area contributed by atoms with E-state index < -0.39 is 11.9 Å². The lowest BCUT2D eigenvalue weighted by Gasteiger charge is -2.20. The molecule has 24 heavy (non-hydrogen) atoms. The Bertz CT molecular complexity index is 640. The predicted molar refractivity (Wildman–Crippen MR) is 83.4 cm³/mol. The molecule has 1 saturated carbocycles. The number of carbonyl (C=O) groups is 3. The highest BCUT2D eigenvalue weighted by molar-refractivity contribution is 5.93. The smallest absolute Gasteiger partial charge is 0.356 e. The molecule has 1 saturated heterocycles. The second-order valence-corrected chi connectivity index (χ2v) is 6.30. The quantitative estimate of drug-likeness (QED) is 0.839. The second-order valence-electron chi connectivity index (χ2n) is 6.30. The van der Waals surface area contributed by atoms with Crippen molar-refractivity contribution in [2.24, 2.45) is 5.92 Å². The number of nitrogens with zero attached hydrogens (tertiary/aromatic N) is 3. The van der Waals surface area contributed by atoms with Crippen LogP contribution < -0.4 is 5.32 Å². The maximum atomic E-state index is 12.4. The fourth-order valence-electron chi connectivity index (χ4n) is 3.35. The molecule has 0 aromatic carbocycles. The van der Waals surface area contributed by atoms with Gasteiger partial charge in [-0.1, -0.05) is 0 Å². The number of carbonyl (C=O) groups excluding carboxylic acids is 2. The van der Waals surface area contributed by atoms with E-state index in [1.807, 2.05) is 4.90 Å². The summed E-state index contributed by atoms with van der Waals surface area (Å²) in [6.45, 7) is 1.69. The average molecular weight is 332 g/mol. The first-order chi connectivity index (χ1) is 11.5. The van der Waals surface area contributed by atoms with E-state index in [4.69, 9.17) is 5.11 Å². The molecular formula is C16H20N4O4. The van der Waals surface area contributed by atoms with Crippen molar-refractivity contribution in [2.75, 3.05) is 13.1 Å².